The lowest BCUT2D eigenvalue weighted by atomic mass is 9.88. The van der Waals surface area contributed by atoms with E-state index in [0.29, 0.717) is 0 Å². The minimum absolute atomic E-state index is 0.0300. The summed E-state index contributed by atoms with van der Waals surface area (Å²) >= 11 is 1.91. The average molecular weight is 272 g/mol. The van der Waals surface area contributed by atoms with Crippen molar-refractivity contribution in [1.29, 1.82) is 0 Å². The van der Waals surface area contributed by atoms with Gasteiger partial charge >= 0.3 is 0 Å². The summed E-state index contributed by atoms with van der Waals surface area (Å²) in [4.78, 5) is 11.9. The summed E-state index contributed by atoms with van der Waals surface area (Å²) in [6, 6.07) is -0.326. The zero-order valence-electron chi connectivity index (χ0n) is 11.8. The van der Waals surface area contributed by atoms with Crippen molar-refractivity contribution in [1.82, 2.24) is 5.32 Å². The molecule has 1 aliphatic carbocycles. The minimum atomic E-state index is -0.326. The molecule has 0 aromatic heterocycles. The van der Waals surface area contributed by atoms with Gasteiger partial charge in [0.25, 0.3) is 0 Å². The predicted molar refractivity (Wildman–Crippen MR) is 79.8 cm³/mol. The van der Waals surface area contributed by atoms with Crippen molar-refractivity contribution in [2.45, 2.75) is 69.1 Å². The van der Waals surface area contributed by atoms with Crippen LogP contribution in [0.15, 0.2) is 0 Å². The standard InChI is InChI=1S/C14H28N2OS/c1-3-4-8-12(15)13(17)16-11-14(18-2)9-6-5-7-10-14/h12H,3-11,15H2,1-2H3,(H,16,17)/t12-/m0/s1. The third-order valence-electron chi connectivity index (χ3n) is 3.99. The van der Waals surface area contributed by atoms with E-state index in [1.54, 1.807) is 0 Å². The Bertz CT molecular complexity index is 252. The van der Waals surface area contributed by atoms with Gasteiger partial charge in [0.15, 0.2) is 0 Å². The number of carbonyl (C=O) groups excluding carboxylic acids is 1. The van der Waals surface area contributed by atoms with E-state index in [2.05, 4.69) is 18.5 Å². The molecule has 0 aromatic rings. The van der Waals surface area contributed by atoms with Crippen LogP contribution in [0.4, 0.5) is 0 Å². The van der Waals surface area contributed by atoms with Gasteiger partial charge in [0.05, 0.1) is 6.04 Å². The number of nitrogens with one attached hydrogen (secondary N) is 1. The fraction of sp³-hybridized carbons (Fsp3) is 0.929. The molecule has 0 heterocycles. The lowest BCUT2D eigenvalue weighted by molar-refractivity contribution is -0.122. The summed E-state index contributed by atoms with van der Waals surface area (Å²) < 4.78 is 0.262. The van der Waals surface area contributed by atoms with Crippen LogP contribution in [0.25, 0.3) is 0 Å². The topological polar surface area (TPSA) is 55.1 Å². The molecule has 0 radical (unpaired) electrons. The lowest BCUT2D eigenvalue weighted by Gasteiger charge is -2.36. The molecule has 106 valence electrons. The maximum atomic E-state index is 11.9. The molecule has 1 rings (SSSR count). The van der Waals surface area contributed by atoms with Gasteiger partial charge in [-0.3, -0.25) is 4.79 Å². The normalized spacial score (nSPS) is 20.4. The Morgan fingerprint density at radius 3 is 2.61 bits per heavy atom. The van der Waals surface area contributed by atoms with Crippen LogP contribution >= 0.6 is 11.8 Å². The second-order valence-corrected chi connectivity index (χ2v) is 6.69. The summed E-state index contributed by atoms with van der Waals surface area (Å²) in [7, 11) is 0. The van der Waals surface area contributed by atoms with Gasteiger partial charge in [-0.2, -0.15) is 11.8 Å². The Morgan fingerprint density at radius 2 is 2.06 bits per heavy atom. The van der Waals surface area contributed by atoms with Gasteiger partial charge in [0.1, 0.15) is 0 Å². The zero-order valence-corrected chi connectivity index (χ0v) is 12.7. The number of thioether (sulfide) groups is 1. The highest BCUT2D eigenvalue weighted by molar-refractivity contribution is 8.00. The third-order valence-corrected chi connectivity index (χ3v) is 5.41. The fourth-order valence-electron chi connectivity index (χ4n) is 2.58. The maximum Gasteiger partial charge on any atom is 0.236 e. The van der Waals surface area contributed by atoms with Crippen LogP contribution in [-0.2, 0) is 4.79 Å². The van der Waals surface area contributed by atoms with Crippen LogP contribution in [0.1, 0.15) is 58.3 Å². The van der Waals surface area contributed by atoms with E-state index in [-0.39, 0.29) is 16.7 Å². The number of nitrogens with two attached hydrogens (primary N) is 1. The molecule has 0 spiro atoms. The minimum Gasteiger partial charge on any atom is -0.353 e. The number of hydrogen-bond acceptors (Lipinski definition) is 3. The first-order chi connectivity index (χ1) is 8.63. The highest BCUT2D eigenvalue weighted by Crippen LogP contribution is 2.37. The van der Waals surface area contributed by atoms with Crippen molar-refractivity contribution in [3.63, 3.8) is 0 Å². The van der Waals surface area contributed by atoms with Crippen LogP contribution in [0.2, 0.25) is 0 Å². The molecule has 0 saturated heterocycles. The zero-order chi connectivity index (χ0) is 13.4. The van der Waals surface area contributed by atoms with Gasteiger partial charge in [-0.05, 0) is 25.5 Å². The van der Waals surface area contributed by atoms with Gasteiger partial charge < -0.3 is 11.1 Å². The highest BCUT2D eigenvalue weighted by Gasteiger charge is 2.31. The smallest absolute Gasteiger partial charge is 0.236 e. The largest absolute Gasteiger partial charge is 0.353 e. The van der Waals surface area contributed by atoms with Gasteiger partial charge in [0.2, 0.25) is 5.91 Å². The summed E-state index contributed by atoms with van der Waals surface area (Å²) in [6.45, 7) is 2.90. The lowest BCUT2D eigenvalue weighted by Crippen LogP contribution is -2.47. The van der Waals surface area contributed by atoms with Crippen LogP contribution in [-0.4, -0.2) is 29.5 Å². The molecule has 1 atom stereocenters. The van der Waals surface area contributed by atoms with Crippen molar-refractivity contribution in [3.8, 4) is 0 Å². The Balaban J connectivity index is 2.35. The molecule has 3 N–H and O–H groups in total. The van der Waals surface area contributed by atoms with Crippen LogP contribution < -0.4 is 11.1 Å². The molecule has 1 amide bonds. The van der Waals surface area contributed by atoms with Crippen molar-refractivity contribution < 1.29 is 4.79 Å². The average Bonchev–Trinajstić information content (AvgIpc) is 2.43. The van der Waals surface area contributed by atoms with E-state index in [9.17, 15) is 4.79 Å². The van der Waals surface area contributed by atoms with Crippen LogP contribution in [0.3, 0.4) is 0 Å². The van der Waals surface area contributed by atoms with Gasteiger partial charge in [-0.1, -0.05) is 39.0 Å². The highest BCUT2D eigenvalue weighted by atomic mass is 32.2. The maximum absolute atomic E-state index is 11.9. The third kappa shape index (κ3) is 4.81. The molecule has 18 heavy (non-hydrogen) atoms. The number of hydrogen-bond donors (Lipinski definition) is 2. The molecule has 1 aliphatic rings. The predicted octanol–water partition coefficient (Wildman–Crippen LogP) is 2.69. The number of carbonyl (C=O) groups is 1. The summed E-state index contributed by atoms with van der Waals surface area (Å²) in [5.41, 5.74) is 5.88. The molecule has 0 aromatic carbocycles. The SMILES string of the molecule is CCCC[C@H](N)C(=O)NCC1(SC)CCCCC1. The summed E-state index contributed by atoms with van der Waals surface area (Å²) in [5, 5.41) is 3.07. The van der Waals surface area contributed by atoms with Gasteiger partial charge in [0, 0.05) is 11.3 Å². The number of amides is 1. The Kier molecular flexibility index (Phi) is 7.08. The molecule has 4 heteroatoms. The molecular formula is C14H28N2OS. The number of unbranched alkanes of at least 4 members (excludes halogenated alkanes) is 1. The summed E-state index contributed by atoms with van der Waals surface area (Å²) in [6.07, 6.45) is 11.4. The molecule has 0 bridgehead atoms. The summed E-state index contributed by atoms with van der Waals surface area (Å²) in [5.74, 6) is 0.0300. The van der Waals surface area contributed by atoms with Crippen LogP contribution in [0, 0.1) is 0 Å². The van der Waals surface area contributed by atoms with Crippen LogP contribution in [0.5, 0.6) is 0 Å². The second kappa shape index (κ2) is 8.05. The molecule has 1 saturated carbocycles. The van der Waals surface area contributed by atoms with E-state index in [4.69, 9.17) is 5.73 Å². The van der Waals surface area contributed by atoms with E-state index < -0.39 is 0 Å². The monoisotopic (exact) mass is 272 g/mol. The Morgan fingerprint density at radius 1 is 1.39 bits per heavy atom. The molecule has 0 unspecified atom stereocenters. The number of rotatable bonds is 7. The quantitative estimate of drug-likeness (QED) is 0.749. The Hall–Kier alpha value is -0.220. The van der Waals surface area contributed by atoms with Crippen molar-refractivity contribution in [2.24, 2.45) is 5.73 Å². The van der Waals surface area contributed by atoms with E-state index >= 15 is 0 Å². The first kappa shape index (κ1) is 15.8. The van der Waals surface area contributed by atoms with E-state index in [0.717, 1.165) is 25.8 Å². The van der Waals surface area contributed by atoms with Gasteiger partial charge in [-0.25, -0.2) is 0 Å². The molecular weight excluding hydrogens is 244 g/mol. The van der Waals surface area contributed by atoms with Gasteiger partial charge in [-0.15, -0.1) is 0 Å². The first-order valence-electron chi connectivity index (χ1n) is 7.22. The van der Waals surface area contributed by atoms with E-state index in [1.165, 1.54) is 32.1 Å². The molecule has 1 fully saturated rings. The molecule has 0 aliphatic heterocycles. The van der Waals surface area contributed by atoms with E-state index in [1.807, 2.05) is 11.8 Å². The van der Waals surface area contributed by atoms with Crippen molar-refractivity contribution >= 4 is 17.7 Å². The second-order valence-electron chi connectivity index (χ2n) is 5.41. The van der Waals surface area contributed by atoms with Crippen molar-refractivity contribution in [3.05, 3.63) is 0 Å². The first-order valence-corrected chi connectivity index (χ1v) is 8.44. The molecule has 3 nitrogen and oxygen atoms in total. The fourth-order valence-corrected chi connectivity index (χ4v) is 3.50. The Labute approximate surface area is 116 Å². The van der Waals surface area contributed by atoms with Crippen molar-refractivity contribution in [2.75, 3.05) is 12.8 Å².